The molecule has 0 saturated carbocycles. The van der Waals surface area contributed by atoms with Crippen molar-refractivity contribution in [2.24, 2.45) is 5.92 Å². The highest BCUT2D eigenvalue weighted by Gasteiger charge is 2.09. The number of anilines is 1. The number of nitrogens with zero attached hydrogens (tertiary/aromatic N) is 2. The Bertz CT molecular complexity index is 707. The van der Waals surface area contributed by atoms with Gasteiger partial charge in [-0.3, -0.25) is 4.79 Å². The van der Waals surface area contributed by atoms with Crippen LogP contribution in [0.15, 0.2) is 30.6 Å². The molecule has 0 aliphatic carbocycles. The van der Waals surface area contributed by atoms with E-state index in [2.05, 4.69) is 34.4 Å². The molecule has 0 fully saturated rings. The van der Waals surface area contributed by atoms with Crippen LogP contribution in [-0.2, 0) is 6.42 Å². The van der Waals surface area contributed by atoms with Gasteiger partial charge in [0, 0.05) is 29.2 Å². The summed E-state index contributed by atoms with van der Waals surface area (Å²) in [7, 11) is 0. The zero-order chi connectivity index (χ0) is 17.5. The first-order valence-corrected chi connectivity index (χ1v) is 8.49. The Balaban J connectivity index is 1.89. The van der Waals surface area contributed by atoms with Gasteiger partial charge in [-0.25, -0.2) is 9.97 Å². The molecule has 2 N–H and O–H groups in total. The van der Waals surface area contributed by atoms with E-state index in [0.717, 1.165) is 12.1 Å². The Morgan fingerprint density at radius 3 is 2.71 bits per heavy atom. The van der Waals surface area contributed by atoms with E-state index in [1.165, 1.54) is 6.33 Å². The van der Waals surface area contributed by atoms with Gasteiger partial charge >= 0.3 is 0 Å². The van der Waals surface area contributed by atoms with Gasteiger partial charge in [0.25, 0.3) is 5.91 Å². The quantitative estimate of drug-likeness (QED) is 0.781. The molecule has 0 aliphatic rings. The van der Waals surface area contributed by atoms with Crippen molar-refractivity contribution in [2.45, 2.75) is 20.3 Å². The van der Waals surface area contributed by atoms with Crippen molar-refractivity contribution in [2.75, 3.05) is 18.4 Å². The first kappa shape index (κ1) is 18.5. The third-order valence-electron chi connectivity index (χ3n) is 3.29. The summed E-state index contributed by atoms with van der Waals surface area (Å²) in [6.45, 7) is 5.44. The molecule has 1 aromatic carbocycles. The maximum Gasteiger partial charge on any atom is 0.270 e. The van der Waals surface area contributed by atoms with Gasteiger partial charge in [-0.2, -0.15) is 0 Å². The first-order chi connectivity index (χ1) is 11.5. The van der Waals surface area contributed by atoms with E-state index in [1.54, 1.807) is 18.2 Å². The van der Waals surface area contributed by atoms with Gasteiger partial charge < -0.3 is 10.6 Å². The number of amides is 1. The highest BCUT2D eigenvalue weighted by atomic mass is 35.5. The van der Waals surface area contributed by atoms with E-state index in [1.807, 2.05) is 6.07 Å². The fraction of sp³-hybridized carbons (Fsp3) is 0.353. The molecule has 0 saturated heterocycles. The van der Waals surface area contributed by atoms with Crippen molar-refractivity contribution in [1.82, 2.24) is 15.3 Å². The van der Waals surface area contributed by atoms with Crippen LogP contribution in [0.2, 0.25) is 10.0 Å². The normalized spacial score (nSPS) is 10.7. The molecule has 1 heterocycles. The number of halogens is 2. The summed E-state index contributed by atoms with van der Waals surface area (Å²) < 4.78 is 0. The maximum absolute atomic E-state index is 12.2. The van der Waals surface area contributed by atoms with E-state index >= 15 is 0 Å². The summed E-state index contributed by atoms with van der Waals surface area (Å²) in [5.41, 5.74) is 1.27. The second kappa shape index (κ2) is 8.85. The number of rotatable bonds is 7. The number of carbonyl (C=O) groups excluding carboxylic acids is 1. The molecule has 128 valence electrons. The van der Waals surface area contributed by atoms with Crippen LogP contribution in [0.4, 0.5) is 5.82 Å². The minimum absolute atomic E-state index is 0.241. The Morgan fingerprint density at radius 2 is 2.00 bits per heavy atom. The van der Waals surface area contributed by atoms with E-state index in [-0.39, 0.29) is 5.91 Å². The van der Waals surface area contributed by atoms with Gasteiger partial charge in [0.2, 0.25) is 0 Å². The molecule has 2 aromatic rings. The molecular formula is C17H20Cl2N4O. The lowest BCUT2D eigenvalue weighted by molar-refractivity contribution is 0.0949. The Morgan fingerprint density at radius 1 is 1.21 bits per heavy atom. The molecule has 2 rings (SSSR count). The predicted octanol–water partition coefficient (Wildman–Crippen LogP) is 3.82. The van der Waals surface area contributed by atoms with Crippen LogP contribution in [-0.4, -0.2) is 29.0 Å². The van der Waals surface area contributed by atoms with Crippen LogP contribution in [0.5, 0.6) is 0 Å². The summed E-state index contributed by atoms with van der Waals surface area (Å²) in [5.74, 6) is 0.890. The van der Waals surface area contributed by atoms with Crippen molar-refractivity contribution >= 4 is 34.9 Å². The molecule has 24 heavy (non-hydrogen) atoms. The predicted molar refractivity (Wildman–Crippen MR) is 97.9 cm³/mol. The van der Waals surface area contributed by atoms with Crippen molar-refractivity contribution in [3.05, 3.63) is 51.9 Å². The lowest BCUT2D eigenvalue weighted by Crippen LogP contribution is -2.27. The largest absolute Gasteiger partial charge is 0.370 e. The van der Waals surface area contributed by atoms with Crippen LogP contribution in [0.25, 0.3) is 0 Å². The lowest BCUT2D eigenvalue weighted by Gasteiger charge is -2.09. The average molecular weight is 367 g/mol. The van der Waals surface area contributed by atoms with E-state index in [0.29, 0.717) is 40.4 Å². The summed E-state index contributed by atoms with van der Waals surface area (Å²) >= 11 is 12.0. The number of hydrogen-bond acceptors (Lipinski definition) is 4. The van der Waals surface area contributed by atoms with Crippen LogP contribution in [0.1, 0.15) is 29.9 Å². The fourth-order valence-electron chi connectivity index (χ4n) is 2.01. The van der Waals surface area contributed by atoms with Gasteiger partial charge in [-0.05, 0) is 30.0 Å². The topological polar surface area (TPSA) is 66.9 Å². The van der Waals surface area contributed by atoms with E-state index < -0.39 is 0 Å². The van der Waals surface area contributed by atoms with Gasteiger partial charge in [-0.1, -0.05) is 43.1 Å². The SMILES string of the molecule is CC(C)CNc1cc(C(=O)NCCc2ccc(Cl)cc2Cl)ncn1. The summed E-state index contributed by atoms with van der Waals surface area (Å²) in [4.78, 5) is 20.3. The molecule has 1 aromatic heterocycles. The molecule has 5 nitrogen and oxygen atoms in total. The monoisotopic (exact) mass is 366 g/mol. The average Bonchev–Trinajstić information content (AvgIpc) is 2.55. The minimum Gasteiger partial charge on any atom is -0.370 e. The van der Waals surface area contributed by atoms with Crippen molar-refractivity contribution in [3.8, 4) is 0 Å². The lowest BCUT2D eigenvalue weighted by atomic mass is 10.1. The van der Waals surface area contributed by atoms with Crippen LogP contribution >= 0.6 is 23.2 Å². The molecule has 0 aliphatic heterocycles. The highest BCUT2D eigenvalue weighted by Crippen LogP contribution is 2.21. The van der Waals surface area contributed by atoms with Gasteiger partial charge in [-0.15, -0.1) is 0 Å². The second-order valence-electron chi connectivity index (χ2n) is 5.80. The maximum atomic E-state index is 12.2. The third kappa shape index (κ3) is 5.65. The molecule has 7 heteroatoms. The molecule has 0 atom stereocenters. The Kier molecular flexibility index (Phi) is 6.82. The van der Waals surface area contributed by atoms with Gasteiger partial charge in [0.05, 0.1) is 0 Å². The third-order valence-corrected chi connectivity index (χ3v) is 3.87. The molecule has 0 bridgehead atoms. The van der Waals surface area contributed by atoms with Crippen molar-refractivity contribution in [1.29, 1.82) is 0 Å². The molecule has 1 amide bonds. The Labute approximate surface area is 151 Å². The highest BCUT2D eigenvalue weighted by molar-refractivity contribution is 6.35. The zero-order valence-corrected chi connectivity index (χ0v) is 15.2. The van der Waals surface area contributed by atoms with Crippen LogP contribution in [0.3, 0.4) is 0 Å². The number of carbonyl (C=O) groups is 1. The molecule has 0 spiro atoms. The van der Waals surface area contributed by atoms with Crippen LogP contribution in [0, 0.1) is 5.92 Å². The van der Waals surface area contributed by atoms with Gasteiger partial charge in [0.15, 0.2) is 0 Å². The summed E-state index contributed by atoms with van der Waals surface area (Å²) in [6.07, 6.45) is 2.00. The van der Waals surface area contributed by atoms with Crippen molar-refractivity contribution < 1.29 is 4.79 Å². The number of nitrogens with one attached hydrogen (secondary N) is 2. The van der Waals surface area contributed by atoms with E-state index in [9.17, 15) is 4.79 Å². The van der Waals surface area contributed by atoms with Crippen LogP contribution < -0.4 is 10.6 Å². The Hall–Kier alpha value is -1.85. The summed E-state index contributed by atoms with van der Waals surface area (Å²) in [6, 6.07) is 6.97. The molecule has 0 radical (unpaired) electrons. The van der Waals surface area contributed by atoms with Gasteiger partial charge in [0.1, 0.15) is 17.8 Å². The minimum atomic E-state index is -0.241. The number of aromatic nitrogens is 2. The first-order valence-electron chi connectivity index (χ1n) is 7.73. The van der Waals surface area contributed by atoms with E-state index in [4.69, 9.17) is 23.2 Å². The number of hydrogen-bond donors (Lipinski definition) is 2. The molecular weight excluding hydrogens is 347 g/mol. The standard InChI is InChI=1S/C17H20Cl2N4O/c1-11(2)9-21-16-8-15(22-10-23-16)17(24)20-6-5-12-3-4-13(18)7-14(12)19/h3-4,7-8,10-11H,5-6,9H2,1-2H3,(H,20,24)(H,21,22,23). The second-order valence-corrected chi connectivity index (χ2v) is 6.65. The summed E-state index contributed by atoms with van der Waals surface area (Å²) in [5, 5.41) is 7.19. The number of benzene rings is 1. The molecule has 0 unspecified atom stereocenters. The zero-order valence-electron chi connectivity index (χ0n) is 13.6. The van der Waals surface area contributed by atoms with Crippen molar-refractivity contribution in [3.63, 3.8) is 0 Å². The fourth-order valence-corrected chi connectivity index (χ4v) is 2.52. The smallest absolute Gasteiger partial charge is 0.270 e.